The number of nitrogens with two attached hydrogens (primary N) is 1. The normalized spacial score (nSPS) is 19.8. The standard InChI is InChI=1S/C29H31ClN6O/c1-17-3-2-4-26(34-17)19-7-12-23(25(30)14-19)24-13-20-16-33-29(32-15-18-5-6-18)35-27(20)36(28(24)37)22-10-8-21(31)9-11-22/h2-4,7,12-14,16,18,21-22H,5-6,8-11,15,31H2,1H3,(H,32,33,35). The lowest BCUT2D eigenvalue weighted by Gasteiger charge is -2.29. The average Bonchev–Trinajstić information content (AvgIpc) is 3.73. The van der Waals surface area contributed by atoms with E-state index in [4.69, 9.17) is 22.3 Å². The van der Waals surface area contributed by atoms with Crippen LogP contribution in [0.3, 0.4) is 0 Å². The summed E-state index contributed by atoms with van der Waals surface area (Å²) in [5, 5.41) is 4.69. The quantitative estimate of drug-likeness (QED) is 0.340. The highest BCUT2D eigenvalue weighted by Crippen LogP contribution is 2.34. The Balaban J connectivity index is 1.45. The number of aryl methyl sites for hydroxylation is 1. The molecule has 3 aromatic heterocycles. The lowest BCUT2D eigenvalue weighted by Crippen LogP contribution is -2.33. The van der Waals surface area contributed by atoms with Gasteiger partial charge < -0.3 is 11.1 Å². The molecule has 0 unspecified atom stereocenters. The van der Waals surface area contributed by atoms with E-state index in [1.807, 2.05) is 60.2 Å². The van der Waals surface area contributed by atoms with Crippen LogP contribution in [0.2, 0.25) is 5.02 Å². The highest BCUT2D eigenvalue weighted by molar-refractivity contribution is 6.33. The van der Waals surface area contributed by atoms with Crippen LogP contribution in [0.1, 0.15) is 50.3 Å². The fourth-order valence-corrected chi connectivity index (χ4v) is 5.53. The van der Waals surface area contributed by atoms with Gasteiger partial charge in [0.15, 0.2) is 0 Å². The van der Waals surface area contributed by atoms with Crippen LogP contribution in [0.4, 0.5) is 5.95 Å². The molecule has 0 spiro atoms. The van der Waals surface area contributed by atoms with Crippen molar-refractivity contribution in [3.63, 3.8) is 0 Å². The number of nitrogens with zero attached hydrogens (tertiary/aromatic N) is 4. The predicted octanol–water partition coefficient (Wildman–Crippen LogP) is 5.75. The van der Waals surface area contributed by atoms with Gasteiger partial charge in [-0.2, -0.15) is 4.98 Å². The highest BCUT2D eigenvalue weighted by Gasteiger charge is 2.26. The van der Waals surface area contributed by atoms with Gasteiger partial charge in [0.05, 0.1) is 5.69 Å². The number of anilines is 1. The first-order valence-electron chi connectivity index (χ1n) is 13.1. The molecule has 0 radical (unpaired) electrons. The third-order valence-corrected chi connectivity index (χ3v) is 7.88. The Labute approximate surface area is 221 Å². The van der Waals surface area contributed by atoms with Crippen LogP contribution in [0.5, 0.6) is 0 Å². The smallest absolute Gasteiger partial charge is 0.260 e. The number of pyridine rings is 2. The molecule has 2 aliphatic rings. The van der Waals surface area contributed by atoms with Crippen LogP contribution >= 0.6 is 11.6 Å². The molecule has 0 amide bonds. The van der Waals surface area contributed by atoms with Crippen LogP contribution in [0.25, 0.3) is 33.4 Å². The summed E-state index contributed by atoms with van der Waals surface area (Å²) in [6.07, 6.45) is 7.77. The maximum atomic E-state index is 14.1. The summed E-state index contributed by atoms with van der Waals surface area (Å²) in [4.78, 5) is 28.1. The van der Waals surface area contributed by atoms with Crippen molar-refractivity contribution in [2.45, 2.75) is 57.5 Å². The van der Waals surface area contributed by atoms with E-state index in [0.717, 1.165) is 54.6 Å². The number of hydrogen-bond acceptors (Lipinski definition) is 6. The number of aromatic nitrogens is 4. The van der Waals surface area contributed by atoms with Crippen LogP contribution in [-0.2, 0) is 0 Å². The van der Waals surface area contributed by atoms with Crippen molar-refractivity contribution in [2.24, 2.45) is 11.7 Å². The Morgan fingerprint density at radius 2 is 1.84 bits per heavy atom. The number of benzene rings is 1. The minimum atomic E-state index is -0.0804. The number of fused-ring (bicyclic) bond motifs is 1. The molecule has 3 N–H and O–H groups in total. The van der Waals surface area contributed by atoms with E-state index in [9.17, 15) is 4.79 Å². The average molecular weight is 515 g/mol. The fourth-order valence-electron chi connectivity index (χ4n) is 5.25. The Hall–Kier alpha value is -3.29. The van der Waals surface area contributed by atoms with Gasteiger partial charge in [-0.15, -0.1) is 0 Å². The first-order chi connectivity index (χ1) is 18.0. The molecule has 2 fully saturated rings. The molecule has 6 rings (SSSR count). The Kier molecular flexibility index (Phi) is 6.42. The van der Waals surface area contributed by atoms with Crippen LogP contribution in [-0.4, -0.2) is 32.1 Å². The second-order valence-electron chi connectivity index (χ2n) is 10.5. The van der Waals surface area contributed by atoms with E-state index in [0.29, 0.717) is 33.7 Å². The molecule has 8 heteroatoms. The van der Waals surface area contributed by atoms with E-state index < -0.39 is 0 Å². The first kappa shape index (κ1) is 24.1. The molecule has 3 heterocycles. The van der Waals surface area contributed by atoms with Crippen molar-refractivity contribution in [2.75, 3.05) is 11.9 Å². The molecule has 2 saturated carbocycles. The Morgan fingerprint density at radius 1 is 1.03 bits per heavy atom. The fraction of sp³-hybridized carbons (Fsp3) is 0.379. The summed E-state index contributed by atoms with van der Waals surface area (Å²) in [7, 11) is 0. The Morgan fingerprint density at radius 3 is 2.57 bits per heavy atom. The molecule has 0 bridgehead atoms. The lowest BCUT2D eigenvalue weighted by molar-refractivity contribution is 0.324. The zero-order chi connectivity index (χ0) is 25.5. The third kappa shape index (κ3) is 4.98. The SMILES string of the molecule is Cc1cccc(-c2ccc(-c3cc4cnc(NCC5CC5)nc4n(C4CCC(N)CC4)c3=O)c(Cl)c2)n1. The van der Waals surface area contributed by atoms with Crippen molar-refractivity contribution >= 4 is 28.6 Å². The third-order valence-electron chi connectivity index (χ3n) is 7.57. The molecular formula is C29H31ClN6O. The Bertz CT molecular complexity index is 1520. The molecule has 0 saturated heterocycles. The van der Waals surface area contributed by atoms with E-state index >= 15 is 0 Å². The predicted molar refractivity (Wildman–Crippen MR) is 149 cm³/mol. The van der Waals surface area contributed by atoms with Crippen molar-refractivity contribution < 1.29 is 0 Å². The molecular weight excluding hydrogens is 484 g/mol. The van der Waals surface area contributed by atoms with Gasteiger partial charge in [-0.1, -0.05) is 29.8 Å². The molecule has 190 valence electrons. The highest BCUT2D eigenvalue weighted by atomic mass is 35.5. The van der Waals surface area contributed by atoms with Crippen molar-refractivity contribution in [1.82, 2.24) is 19.5 Å². The molecule has 4 aromatic rings. The van der Waals surface area contributed by atoms with Gasteiger partial charge in [0, 0.05) is 57.6 Å². The van der Waals surface area contributed by atoms with Crippen LogP contribution in [0.15, 0.2) is 53.5 Å². The van der Waals surface area contributed by atoms with Crippen LogP contribution in [0, 0.1) is 12.8 Å². The van der Waals surface area contributed by atoms with Crippen molar-refractivity contribution in [3.8, 4) is 22.4 Å². The summed E-state index contributed by atoms with van der Waals surface area (Å²) in [6, 6.07) is 13.8. The summed E-state index contributed by atoms with van der Waals surface area (Å²) < 4.78 is 1.87. The molecule has 0 aliphatic heterocycles. The molecule has 0 atom stereocenters. The van der Waals surface area contributed by atoms with Gasteiger partial charge in [-0.05, 0) is 75.6 Å². The van der Waals surface area contributed by atoms with Crippen molar-refractivity contribution in [3.05, 3.63) is 69.7 Å². The van der Waals surface area contributed by atoms with Gasteiger partial charge >= 0.3 is 0 Å². The number of hydrogen-bond donors (Lipinski definition) is 2. The van der Waals surface area contributed by atoms with Crippen LogP contribution < -0.4 is 16.6 Å². The minimum absolute atomic E-state index is 0.0375. The summed E-state index contributed by atoms with van der Waals surface area (Å²) in [5.41, 5.74) is 10.7. The molecule has 7 nitrogen and oxygen atoms in total. The lowest BCUT2D eigenvalue weighted by atomic mass is 9.91. The summed E-state index contributed by atoms with van der Waals surface area (Å²) in [5.74, 6) is 1.27. The number of halogens is 1. The maximum Gasteiger partial charge on any atom is 0.260 e. The van der Waals surface area contributed by atoms with E-state index in [1.54, 1.807) is 0 Å². The van der Waals surface area contributed by atoms with E-state index in [-0.39, 0.29) is 17.6 Å². The maximum absolute atomic E-state index is 14.1. The molecule has 2 aliphatic carbocycles. The molecule has 1 aromatic carbocycles. The van der Waals surface area contributed by atoms with Gasteiger partial charge in [0.25, 0.3) is 5.56 Å². The largest absolute Gasteiger partial charge is 0.354 e. The topological polar surface area (TPSA) is 98.7 Å². The zero-order valence-corrected chi connectivity index (χ0v) is 21.7. The summed E-state index contributed by atoms with van der Waals surface area (Å²) >= 11 is 6.80. The minimum Gasteiger partial charge on any atom is -0.354 e. The van der Waals surface area contributed by atoms with Gasteiger partial charge in [-0.25, -0.2) is 4.98 Å². The number of rotatable bonds is 6. The second kappa shape index (κ2) is 9.88. The van der Waals surface area contributed by atoms with E-state index in [2.05, 4.69) is 15.3 Å². The second-order valence-corrected chi connectivity index (χ2v) is 10.9. The monoisotopic (exact) mass is 514 g/mol. The zero-order valence-electron chi connectivity index (χ0n) is 21.0. The van der Waals surface area contributed by atoms with Crippen molar-refractivity contribution in [1.29, 1.82) is 0 Å². The summed E-state index contributed by atoms with van der Waals surface area (Å²) in [6.45, 7) is 2.83. The van der Waals surface area contributed by atoms with E-state index in [1.165, 1.54) is 12.8 Å². The number of nitrogens with one attached hydrogen (secondary N) is 1. The van der Waals surface area contributed by atoms with Gasteiger partial charge in [-0.3, -0.25) is 14.3 Å². The first-order valence-corrected chi connectivity index (χ1v) is 13.5. The molecule has 37 heavy (non-hydrogen) atoms. The van der Waals surface area contributed by atoms with Gasteiger partial charge in [0.1, 0.15) is 5.65 Å². The van der Waals surface area contributed by atoms with Gasteiger partial charge in [0.2, 0.25) is 5.95 Å².